The van der Waals surface area contributed by atoms with Crippen LogP contribution in [-0.4, -0.2) is 11.2 Å². The lowest BCUT2D eigenvalue weighted by atomic mass is 10.1. The van der Waals surface area contributed by atoms with E-state index in [1.165, 1.54) is 18.3 Å². The summed E-state index contributed by atoms with van der Waals surface area (Å²) in [6, 6.07) is 0.535. The van der Waals surface area contributed by atoms with Gasteiger partial charge >= 0.3 is 6.18 Å². The van der Waals surface area contributed by atoms with Crippen LogP contribution < -0.4 is 5.73 Å². The standard InChI is InChI=1S/C7H6BrF3N2/c8-5-3-4(1-2-13-5)6(12)7(9,10)11/h1-3,6H,12H2. The van der Waals surface area contributed by atoms with E-state index < -0.39 is 12.2 Å². The van der Waals surface area contributed by atoms with Crippen molar-refractivity contribution in [2.24, 2.45) is 5.73 Å². The Morgan fingerprint density at radius 2 is 2.08 bits per heavy atom. The van der Waals surface area contributed by atoms with Crippen LogP contribution in [0.5, 0.6) is 0 Å². The second-order valence-electron chi connectivity index (χ2n) is 2.43. The first kappa shape index (κ1) is 10.5. The highest BCUT2D eigenvalue weighted by Crippen LogP contribution is 2.30. The summed E-state index contributed by atoms with van der Waals surface area (Å²) in [5.41, 5.74) is 4.96. The molecule has 0 aliphatic heterocycles. The Hall–Kier alpha value is -0.620. The lowest BCUT2D eigenvalue weighted by molar-refractivity contribution is -0.149. The number of hydrogen-bond acceptors (Lipinski definition) is 2. The summed E-state index contributed by atoms with van der Waals surface area (Å²) in [5.74, 6) is 0. The van der Waals surface area contributed by atoms with E-state index in [-0.39, 0.29) is 5.56 Å². The zero-order chi connectivity index (χ0) is 10.1. The Bertz CT molecular complexity index is 300. The summed E-state index contributed by atoms with van der Waals surface area (Å²) < 4.78 is 36.7. The third-order valence-corrected chi connectivity index (χ3v) is 1.90. The van der Waals surface area contributed by atoms with Crippen molar-refractivity contribution in [3.05, 3.63) is 28.5 Å². The highest BCUT2D eigenvalue weighted by molar-refractivity contribution is 9.10. The van der Waals surface area contributed by atoms with E-state index in [0.29, 0.717) is 4.60 Å². The fourth-order valence-electron chi connectivity index (χ4n) is 0.800. The Morgan fingerprint density at radius 3 is 2.54 bits per heavy atom. The van der Waals surface area contributed by atoms with Gasteiger partial charge in [0.15, 0.2) is 0 Å². The Labute approximate surface area is 81.1 Å². The highest BCUT2D eigenvalue weighted by atomic mass is 79.9. The maximum absolute atomic E-state index is 12.1. The van der Waals surface area contributed by atoms with Gasteiger partial charge < -0.3 is 5.73 Å². The number of aromatic nitrogens is 1. The number of nitrogens with zero attached hydrogens (tertiary/aromatic N) is 1. The Kier molecular flexibility index (Phi) is 2.92. The zero-order valence-electron chi connectivity index (χ0n) is 6.35. The van der Waals surface area contributed by atoms with Crippen molar-refractivity contribution in [2.75, 3.05) is 0 Å². The molecular weight excluding hydrogens is 249 g/mol. The van der Waals surface area contributed by atoms with E-state index in [2.05, 4.69) is 20.9 Å². The van der Waals surface area contributed by atoms with Crippen LogP contribution in [0.3, 0.4) is 0 Å². The summed E-state index contributed by atoms with van der Waals surface area (Å²) in [5, 5.41) is 0. The molecule has 13 heavy (non-hydrogen) atoms. The van der Waals surface area contributed by atoms with Gasteiger partial charge in [-0.15, -0.1) is 0 Å². The van der Waals surface area contributed by atoms with Crippen molar-refractivity contribution in [3.63, 3.8) is 0 Å². The summed E-state index contributed by atoms with van der Waals surface area (Å²) in [6.07, 6.45) is -3.15. The van der Waals surface area contributed by atoms with E-state index in [4.69, 9.17) is 5.73 Å². The lowest BCUT2D eigenvalue weighted by Gasteiger charge is -2.15. The van der Waals surface area contributed by atoms with Gasteiger partial charge in [-0.2, -0.15) is 13.2 Å². The van der Waals surface area contributed by atoms with Crippen molar-refractivity contribution < 1.29 is 13.2 Å². The molecule has 0 fully saturated rings. The Balaban J connectivity index is 2.96. The van der Waals surface area contributed by atoms with Crippen LogP contribution in [0.2, 0.25) is 0 Å². The molecule has 0 spiro atoms. The van der Waals surface area contributed by atoms with Crippen molar-refractivity contribution >= 4 is 15.9 Å². The summed E-state index contributed by atoms with van der Waals surface area (Å²) in [6.45, 7) is 0. The molecule has 2 nitrogen and oxygen atoms in total. The number of hydrogen-bond donors (Lipinski definition) is 1. The number of rotatable bonds is 1. The van der Waals surface area contributed by atoms with Crippen molar-refractivity contribution in [1.29, 1.82) is 0 Å². The topological polar surface area (TPSA) is 38.9 Å². The SMILES string of the molecule is NC(c1ccnc(Br)c1)C(F)(F)F. The van der Waals surface area contributed by atoms with E-state index in [0.717, 1.165) is 0 Å². The predicted octanol–water partition coefficient (Wildman–Crippen LogP) is 2.41. The minimum absolute atomic E-state index is 0.00521. The van der Waals surface area contributed by atoms with E-state index in [1.54, 1.807) is 0 Å². The van der Waals surface area contributed by atoms with Gasteiger partial charge in [-0.3, -0.25) is 0 Å². The van der Waals surface area contributed by atoms with Gasteiger partial charge in [-0.1, -0.05) is 0 Å². The molecular formula is C7H6BrF3N2. The third-order valence-electron chi connectivity index (χ3n) is 1.46. The molecule has 0 aliphatic carbocycles. The molecule has 2 N–H and O–H groups in total. The third kappa shape index (κ3) is 2.67. The second kappa shape index (κ2) is 3.63. The molecule has 1 aromatic heterocycles. The van der Waals surface area contributed by atoms with Gasteiger partial charge in [0.2, 0.25) is 0 Å². The fourth-order valence-corrected chi connectivity index (χ4v) is 1.18. The number of alkyl halides is 3. The van der Waals surface area contributed by atoms with Crippen molar-refractivity contribution in [2.45, 2.75) is 12.2 Å². The quantitative estimate of drug-likeness (QED) is 0.782. The zero-order valence-corrected chi connectivity index (χ0v) is 7.93. The van der Waals surface area contributed by atoms with Crippen LogP contribution >= 0.6 is 15.9 Å². The molecule has 1 unspecified atom stereocenters. The Morgan fingerprint density at radius 1 is 1.46 bits per heavy atom. The van der Waals surface area contributed by atoms with Crippen LogP contribution in [0.15, 0.2) is 22.9 Å². The molecule has 1 atom stereocenters. The molecule has 0 radical (unpaired) electrons. The molecule has 0 aromatic carbocycles. The maximum Gasteiger partial charge on any atom is 0.407 e. The van der Waals surface area contributed by atoms with Crippen molar-refractivity contribution in [1.82, 2.24) is 4.98 Å². The molecule has 72 valence electrons. The van der Waals surface area contributed by atoms with Crippen LogP contribution in [0.25, 0.3) is 0 Å². The number of halogens is 4. The molecule has 0 saturated heterocycles. The minimum atomic E-state index is -4.42. The highest BCUT2D eigenvalue weighted by Gasteiger charge is 2.37. The average Bonchev–Trinajstić information content (AvgIpc) is 2.01. The lowest BCUT2D eigenvalue weighted by Crippen LogP contribution is -2.28. The molecule has 0 aliphatic rings. The van der Waals surface area contributed by atoms with Gasteiger partial charge in [0.1, 0.15) is 10.6 Å². The predicted molar refractivity (Wildman–Crippen MR) is 44.9 cm³/mol. The number of nitrogens with two attached hydrogens (primary N) is 1. The molecule has 1 heterocycles. The normalized spacial score (nSPS) is 14.2. The van der Waals surface area contributed by atoms with Gasteiger partial charge in [0, 0.05) is 6.20 Å². The van der Waals surface area contributed by atoms with E-state index in [9.17, 15) is 13.2 Å². The summed E-state index contributed by atoms with van der Waals surface area (Å²) >= 11 is 2.96. The van der Waals surface area contributed by atoms with Crippen molar-refractivity contribution in [3.8, 4) is 0 Å². The van der Waals surface area contributed by atoms with Crippen LogP contribution in [0, 0.1) is 0 Å². The van der Waals surface area contributed by atoms with Gasteiger partial charge in [-0.05, 0) is 33.6 Å². The summed E-state index contributed by atoms with van der Waals surface area (Å²) in [4.78, 5) is 3.70. The molecule has 0 bridgehead atoms. The summed E-state index contributed by atoms with van der Waals surface area (Å²) in [7, 11) is 0. The van der Waals surface area contributed by atoms with E-state index in [1.807, 2.05) is 0 Å². The van der Waals surface area contributed by atoms with Gasteiger partial charge in [0.25, 0.3) is 0 Å². The first-order chi connectivity index (χ1) is 5.91. The first-order valence-corrected chi connectivity index (χ1v) is 4.14. The van der Waals surface area contributed by atoms with Gasteiger partial charge in [0.05, 0.1) is 0 Å². The maximum atomic E-state index is 12.1. The fraction of sp³-hybridized carbons (Fsp3) is 0.286. The monoisotopic (exact) mass is 254 g/mol. The molecule has 1 aromatic rings. The molecule has 6 heteroatoms. The van der Waals surface area contributed by atoms with Crippen LogP contribution in [0.1, 0.15) is 11.6 Å². The average molecular weight is 255 g/mol. The van der Waals surface area contributed by atoms with Crippen LogP contribution in [0.4, 0.5) is 13.2 Å². The van der Waals surface area contributed by atoms with E-state index >= 15 is 0 Å². The number of pyridine rings is 1. The molecule has 0 amide bonds. The van der Waals surface area contributed by atoms with Crippen LogP contribution in [-0.2, 0) is 0 Å². The minimum Gasteiger partial charge on any atom is -0.316 e. The smallest absolute Gasteiger partial charge is 0.316 e. The largest absolute Gasteiger partial charge is 0.407 e. The van der Waals surface area contributed by atoms with Gasteiger partial charge in [-0.25, -0.2) is 4.98 Å². The molecule has 0 saturated carbocycles. The molecule has 1 rings (SSSR count). The second-order valence-corrected chi connectivity index (χ2v) is 3.24. The first-order valence-electron chi connectivity index (χ1n) is 3.35.